The van der Waals surface area contributed by atoms with E-state index in [-0.39, 0.29) is 16.6 Å². The Morgan fingerprint density at radius 2 is 1.81 bits per heavy atom. The summed E-state index contributed by atoms with van der Waals surface area (Å²) in [6.45, 7) is 3.31. The first-order chi connectivity index (χ1) is 14.9. The van der Waals surface area contributed by atoms with Gasteiger partial charge in [-0.2, -0.15) is 8.42 Å². The highest BCUT2D eigenvalue weighted by Crippen LogP contribution is 2.21. The molecular weight excluding hydrogens is 421 g/mol. The van der Waals surface area contributed by atoms with E-state index >= 15 is 0 Å². The van der Waals surface area contributed by atoms with Gasteiger partial charge in [0.15, 0.2) is 0 Å². The molecule has 0 aliphatic rings. The van der Waals surface area contributed by atoms with Crippen molar-refractivity contribution in [2.24, 2.45) is 0 Å². The molecule has 0 saturated heterocycles. The van der Waals surface area contributed by atoms with E-state index in [4.69, 9.17) is 8.92 Å². The van der Waals surface area contributed by atoms with Crippen LogP contribution >= 0.6 is 0 Å². The van der Waals surface area contributed by atoms with E-state index < -0.39 is 15.9 Å². The van der Waals surface area contributed by atoms with Crippen molar-refractivity contribution in [2.45, 2.75) is 50.5 Å². The summed E-state index contributed by atoms with van der Waals surface area (Å²) in [6.07, 6.45) is 4.54. The number of nitrogens with zero attached hydrogens (tertiary/aromatic N) is 1. The number of methoxy groups -OCH3 is 1. The molecule has 0 fully saturated rings. The number of ether oxygens (including phenoxy) is 1. The Bertz CT molecular complexity index is 931. The lowest BCUT2D eigenvalue weighted by Crippen LogP contribution is -2.33. The second-order valence-corrected chi connectivity index (χ2v) is 8.80. The summed E-state index contributed by atoms with van der Waals surface area (Å²) >= 11 is 0. The normalized spacial score (nSPS) is 11.3. The lowest BCUT2D eigenvalue weighted by atomic mass is 10.1. The number of hydrogen-bond donors (Lipinski definition) is 0. The van der Waals surface area contributed by atoms with Crippen molar-refractivity contribution in [3.05, 3.63) is 59.9 Å². The third kappa shape index (κ3) is 8.30. The third-order valence-corrected chi connectivity index (χ3v) is 6.00. The second kappa shape index (κ2) is 12.4. The van der Waals surface area contributed by atoms with Crippen molar-refractivity contribution < 1.29 is 26.5 Å². The molecule has 6 nitrogen and oxygen atoms in total. The Kier molecular flexibility index (Phi) is 9.94. The van der Waals surface area contributed by atoms with Crippen LogP contribution in [0, 0.1) is 5.82 Å². The highest BCUT2D eigenvalue weighted by Gasteiger charge is 2.18. The summed E-state index contributed by atoms with van der Waals surface area (Å²) < 4.78 is 48.3. The standard InChI is InChI=1S/C23H30FNO5S/c1-3-4-5-6-10-23(26)25(15-16-29-2)18-19-8-7-9-21(17-19)30-31(27,28)22-13-11-20(24)12-14-22/h7-9,11-14,17H,3-6,10,15-16,18H2,1-2H3. The van der Waals surface area contributed by atoms with E-state index in [9.17, 15) is 17.6 Å². The molecule has 2 aromatic carbocycles. The maximum atomic E-state index is 13.1. The zero-order valence-electron chi connectivity index (χ0n) is 18.1. The van der Waals surface area contributed by atoms with Crippen molar-refractivity contribution in [1.82, 2.24) is 4.90 Å². The summed E-state index contributed by atoms with van der Waals surface area (Å²) in [4.78, 5) is 14.2. The van der Waals surface area contributed by atoms with Crippen LogP contribution in [0.15, 0.2) is 53.4 Å². The first-order valence-corrected chi connectivity index (χ1v) is 11.8. The van der Waals surface area contributed by atoms with Gasteiger partial charge >= 0.3 is 10.1 Å². The van der Waals surface area contributed by atoms with Gasteiger partial charge < -0.3 is 13.8 Å². The number of halogens is 1. The highest BCUT2D eigenvalue weighted by atomic mass is 32.2. The molecule has 0 atom stereocenters. The zero-order chi connectivity index (χ0) is 22.7. The number of rotatable bonds is 13. The van der Waals surface area contributed by atoms with Gasteiger partial charge in [-0.15, -0.1) is 0 Å². The molecule has 0 bridgehead atoms. The monoisotopic (exact) mass is 451 g/mol. The molecule has 0 radical (unpaired) electrons. The topological polar surface area (TPSA) is 72.9 Å². The largest absolute Gasteiger partial charge is 0.383 e. The molecular formula is C23H30FNO5S. The number of benzene rings is 2. The molecule has 2 aromatic rings. The van der Waals surface area contributed by atoms with Crippen molar-refractivity contribution in [3.8, 4) is 5.75 Å². The van der Waals surface area contributed by atoms with E-state index in [1.807, 2.05) is 6.07 Å². The number of carbonyl (C=O) groups is 1. The Hall–Kier alpha value is -2.45. The number of carbonyl (C=O) groups excluding carboxylic acids is 1. The molecule has 0 unspecified atom stereocenters. The van der Waals surface area contributed by atoms with Crippen molar-refractivity contribution in [3.63, 3.8) is 0 Å². The van der Waals surface area contributed by atoms with Gasteiger partial charge in [0.25, 0.3) is 0 Å². The lowest BCUT2D eigenvalue weighted by molar-refractivity contribution is -0.132. The van der Waals surface area contributed by atoms with E-state index in [1.165, 1.54) is 6.07 Å². The molecule has 2 rings (SSSR count). The maximum Gasteiger partial charge on any atom is 0.339 e. The molecule has 0 saturated carbocycles. The summed E-state index contributed by atoms with van der Waals surface area (Å²) in [5.74, 6) is -0.362. The predicted octanol–water partition coefficient (Wildman–Crippen LogP) is 4.54. The molecule has 0 aliphatic carbocycles. The first kappa shape index (κ1) is 24.8. The van der Waals surface area contributed by atoms with Gasteiger partial charge in [0.2, 0.25) is 5.91 Å². The molecule has 8 heteroatoms. The van der Waals surface area contributed by atoms with Gasteiger partial charge in [-0.25, -0.2) is 4.39 Å². The van der Waals surface area contributed by atoms with Crippen LogP contribution in [-0.2, 0) is 26.2 Å². The van der Waals surface area contributed by atoms with Crippen LogP contribution in [0.2, 0.25) is 0 Å². The third-order valence-electron chi connectivity index (χ3n) is 4.74. The minimum Gasteiger partial charge on any atom is -0.383 e. The molecule has 170 valence electrons. The fraction of sp³-hybridized carbons (Fsp3) is 0.435. The van der Waals surface area contributed by atoms with Gasteiger partial charge in [-0.1, -0.05) is 38.3 Å². The van der Waals surface area contributed by atoms with Crippen LogP contribution in [0.1, 0.15) is 44.6 Å². The quantitative estimate of drug-likeness (QED) is 0.330. The minimum absolute atomic E-state index is 0.0402. The Morgan fingerprint density at radius 1 is 1.06 bits per heavy atom. The fourth-order valence-electron chi connectivity index (χ4n) is 3.05. The highest BCUT2D eigenvalue weighted by molar-refractivity contribution is 7.87. The molecule has 0 aliphatic heterocycles. The SMILES string of the molecule is CCCCCCC(=O)N(CCOC)Cc1cccc(OS(=O)(=O)c2ccc(F)cc2)c1. The maximum absolute atomic E-state index is 13.1. The molecule has 1 amide bonds. The molecule has 31 heavy (non-hydrogen) atoms. The zero-order valence-corrected chi connectivity index (χ0v) is 18.9. The van der Waals surface area contributed by atoms with Crippen LogP contribution in [0.4, 0.5) is 4.39 Å². The Morgan fingerprint density at radius 3 is 2.48 bits per heavy atom. The lowest BCUT2D eigenvalue weighted by Gasteiger charge is -2.23. The van der Waals surface area contributed by atoms with Crippen LogP contribution in [-0.4, -0.2) is 39.5 Å². The van der Waals surface area contributed by atoms with Gasteiger partial charge in [-0.3, -0.25) is 4.79 Å². The van der Waals surface area contributed by atoms with Crippen LogP contribution in [0.5, 0.6) is 5.75 Å². The van der Waals surface area contributed by atoms with Crippen LogP contribution in [0.3, 0.4) is 0 Å². The molecule has 0 spiro atoms. The van der Waals surface area contributed by atoms with E-state index in [0.717, 1.165) is 55.5 Å². The molecule has 0 aromatic heterocycles. The van der Waals surface area contributed by atoms with E-state index in [0.29, 0.717) is 26.1 Å². The summed E-state index contributed by atoms with van der Waals surface area (Å²) in [6, 6.07) is 11.0. The molecule has 0 N–H and O–H groups in total. The van der Waals surface area contributed by atoms with Gasteiger partial charge in [0.1, 0.15) is 16.5 Å². The Labute approximate surface area is 184 Å². The number of unbranched alkanes of at least 4 members (excludes halogenated alkanes) is 3. The Balaban J connectivity index is 2.08. The summed E-state index contributed by atoms with van der Waals surface area (Å²) in [5, 5.41) is 0. The van der Waals surface area contributed by atoms with Gasteiger partial charge in [0.05, 0.1) is 6.61 Å². The van der Waals surface area contributed by atoms with E-state index in [1.54, 1.807) is 24.1 Å². The van der Waals surface area contributed by atoms with Crippen LogP contribution in [0.25, 0.3) is 0 Å². The summed E-state index contributed by atoms with van der Waals surface area (Å²) in [5.41, 5.74) is 0.741. The van der Waals surface area contributed by atoms with E-state index in [2.05, 4.69) is 6.92 Å². The number of amides is 1. The minimum atomic E-state index is -4.09. The van der Waals surface area contributed by atoms with Crippen molar-refractivity contribution in [1.29, 1.82) is 0 Å². The van der Waals surface area contributed by atoms with Gasteiger partial charge in [-0.05, 0) is 48.4 Å². The summed E-state index contributed by atoms with van der Waals surface area (Å²) in [7, 11) is -2.51. The smallest absolute Gasteiger partial charge is 0.339 e. The first-order valence-electron chi connectivity index (χ1n) is 10.4. The average Bonchev–Trinajstić information content (AvgIpc) is 2.74. The molecule has 0 heterocycles. The second-order valence-electron chi connectivity index (χ2n) is 7.26. The fourth-order valence-corrected chi connectivity index (χ4v) is 3.97. The van der Waals surface area contributed by atoms with Gasteiger partial charge in [0, 0.05) is 26.6 Å². The van der Waals surface area contributed by atoms with Crippen molar-refractivity contribution >= 4 is 16.0 Å². The van der Waals surface area contributed by atoms with Crippen LogP contribution < -0.4 is 4.18 Å². The predicted molar refractivity (Wildman–Crippen MR) is 117 cm³/mol. The number of hydrogen-bond acceptors (Lipinski definition) is 5. The van der Waals surface area contributed by atoms with Crippen molar-refractivity contribution in [2.75, 3.05) is 20.3 Å². The average molecular weight is 452 g/mol.